The first kappa shape index (κ1) is 20.2. The molecule has 0 atom stereocenters. The summed E-state index contributed by atoms with van der Waals surface area (Å²) in [6.45, 7) is 0. The lowest BCUT2D eigenvalue weighted by Crippen LogP contribution is -2.19. The Hall–Kier alpha value is -3.59. The van der Waals surface area contributed by atoms with Crippen LogP contribution in [0.15, 0.2) is 71.8 Å². The molecule has 1 aromatic heterocycles. The van der Waals surface area contributed by atoms with Gasteiger partial charge in [0, 0.05) is 17.3 Å². The number of aromatic nitrogens is 1. The van der Waals surface area contributed by atoms with Gasteiger partial charge in [-0.3, -0.25) is 4.79 Å². The average molecular weight is 414 g/mol. The largest absolute Gasteiger partial charge is 0.493 e. The summed E-state index contributed by atoms with van der Waals surface area (Å²) in [5.74, 6) is 0.934. The predicted octanol–water partition coefficient (Wildman–Crippen LogP) is 2.57. The van der Waals surface area contributed by atoms with E-state index >= 15 is 0 Å². The van der Waals surface area contributed by atoms with Crippen LogP contribution in [0.25, 0.3) is 0 Å². The zero-order valence-corrected chi connectivity index (χ0v) is 16.6. The van der Waals surface area contributed by atoms with Gasteiger partial charge in [0.1, 0.15) is 4.90 Å². The number of anilines is 2. The highest BCUT2D eigenvalue weighted by Crippen LogP contribution is 2.28. The van der Waals surface area contributed by atoms with E-state index in [0.717, 1.165) is 0 Å². The summed E-state index contributed by atoms with van der Waals surface area (Å²) in [4.78, 5) is 15.3. The second kappa shape index (κ2) is 8.61. The van der Waals surface area contributed by atoms with Crippen LogP contribution in [-0.4, -0.2) is 28.5 Å². The van der Waals surface area contributed by atoms with Crippen LogP contribution in [0.1, 0.15) is 10.4 Å². The van der Waals surface area contributed by atoms with E-state index in [1.807, 2.05) is 0 Å². The van der Waals surface area contributed by atoms with Gasteiger partial charge in [0.25, 0.3) is 11.7 Å². The SMILES string of the molecule is COc1ccc(C(=O)Nc2ccc(S(=O)(=O)Nc3cccc[nH+]3)cc2)cc1OC. The van der Waals surface area contributed by atoms with E-state index in [4.69, 9.17) is 9.47 Å². The van der Waals surface area contributed by atoms with Crippen molar-refractivity contribution >= 4 is 27.4 Å². The molecule has 1 amide bonds. The summed E-state index contributed by atoms with van der Waals surface area (Å²) in [5.41, 5.74) is 0.829. The molecular weight excluding hydrogens is 394 g/mol. The average Bonchev–Trinajstić information content (AvgIpc) is 2.74. The fourth-order valence-electron chi connectivity index (χ4n) is 2.56. The third-order valence-corrected chi connectivity index (χ3v) is 5.40. The van der Waals surface area contributed by atoms with Gasteiger partial charge >= 0.3 is 10.0 Å². The van der Waals surface area contributed by atoms with Crippen molar-refractivity contribution in [3.63, 3.8) is 0 Å². The van der Waals surface area contributed by atoms with Gasteiger partial charge in [-0.2, -0.15) is 13.1 Å². The standard InChI is InChI=1S/C20H19N3O5S/c1-27-17-11-6-14(13-18(17)28-2)20(24)22-15-7-9-16(10-8-15)29(25,26)23-19-5-3-4-12-21-19/h3-13H,1-2H3,(H,21,23)(H,22,24)/p+1. The molecule has 0 aliphatic heterocycles. The smallest absolute Gasteiger partial charge is 0.328 e. The maximum atomic E-state index is 12.5. The zero-order chi connectivity index (χ0) is 20.9. The lowest BCUT2D eigenvalue weighted by Gasteiger charge is -2.10. The molecule has 0 spiro atoms. The molecule has 2 aromatic carbocycles. The predicted molar refractivity (Wildman–Crippen MR) is 108 cm³/mol. The number of benzene rings is 2. The Morgan fingerprint density at radius 3 is 2.28 bits per heavy atom. The van der Waals surface area contributed by atoms with Crippen LogP contribution in [0.3, 0.4) is 0 Å². The first-order chi connectivity index (χ1) is 13.9. The topological polar surface area (TPSA) is 108 Å². The molecule has 3 aromatic rings. The molecule has 3 rings (SSSR count). The molecule has 8 nitrogen and oxygen atoms in total. The number of amides is 1. The van der Waals surface area contributed by atoms with E-state index in [2.05, 4.69) is 15.0 Å². The summed E-state index contributed by atoms with van der Waals surface area (Å²) in [6.07, 6.45) is 1.62. The second-order valence-corrected chi connectivity index (χ2v) is 7.61. The van der Waals surface area contributed by atoms with Crippen molar-refractivity contribution in [2.24, 2.45) is 0 Å². The van der Waals surface area contributed by atoms with Crippen molar-refractivity contribution in [2.45, 2.75) is 4.90 Å². The van der Waals surface area contributed by atoms with Crippen molar-refractivity contribution in [1.82, 2.24) is 0 Å². The summed E-state index contributed by atoms with van der Waals surface area (Å²) >= 11 is 0. The Morgan fingerprint density at radius 1 is 0.931 bits per heavy atom. The number of nitrogens with one attached hydrogen (secondary N) is 3. The van der Waals surface area contributed by atoms with Gasteiger partial charge in [-0.25, -0.2) is 4.98 Å². The molecule has 1 heterocycles. The monoisotopic (exact) mass is 414 g/mol. The normalized spacial score (nSPS) is 10.8. The van der Waals surface area contributed by atoms with Crippen molar-refractivity contribution in [2.75, 3.05) is 24.3 Å². The number of hydrogen-bond donors (Lipinski definition) is 2. The number of H-pyrrole nitrogens is 1. The van der Waals surface area contributed by atoms with Gasteiger partial charge in [0.15, 0.2) is 11.5 Å². The van der Waals surface area contributed by atoms with Gasteiger partial charge in [0.2, 0.25) is 0 Å². The number of carbonyl (C=O) groups is 1. The molecule has 150 valence electrons. The fraction of sp³-hybridized carbons (Fsp3) is 0.100. The minimum Gasteiger partial charge on any atom is -0.493 e. The molecule has 0 unspecified atom stereocenters. The Bertz CT molecular complexity index is 1100. The number of pyridine rings is 1. The lowest BCUT2D eigenvalue weighted by atomic mass is 10.2. The number of ether oxygens (including phenoxy) is 2. The summed E-state index contributed by atoms with van der Waals surface area (Å²) in [6, 6.07) is 15.7. The Morgan fingerprint density at radius 2 is 1.66 bits per heavy atom. The minimum atomic E-state index is -3.75. The van der Waals surface area contributed by atoms with Crippen LogP contribution >= 0.6 is 0 Å². The van der Waals surface area contributed by atoms with Gasteiger partial charge < -0.3 is 14.8 Å². The highest BCUT2D eigenvalue weighted by molar-refractivity contribution is 7.92. The zero-order valence-electron chi connectivity index (χ0n) is 15.8. The van der Waals surface area contributed by atoms with Gasteiger partial charge in [0.05, 0.1) is 20.4 Å². The van der Waals surface area contributed by atoms with Crippen LogP contribution in [-0.2, 0) is 10.0 Å². The molecule has 9 heteroatoms. The molecule has 0 radical (unpaired) electrons. The second-order valence-electron chi connectivity index (χ2n) is 5.93. The maximum Gasteiger partial charge on any atom is 0.328 e. The number of aromatic amines is 1. The molecule has 0 saturated carbocycles. The minimum absolute atomic E-state index is 0.0684. The van der Waals surface area contributed by atoms with Gasteiger partial charge in [-0.05, 0) is 48.5 Å². The van der Waals surface area contributed by atoms with E-state index < -0.39 is 10.0 Å². The maximum absolute atomic E-state index is 12.5. The van der Waals surface area contributed by atoms with Gasteiger partial charge in [-0.15, -0.1) is 0 Å². The van der Waals surface area contributed by atoms with Crippen LogP contribution in [0.5, 0.6) is 11.5 Å². The first-order valence-electron chi connectivity index (χ1n) is 8.56. The van der Waals surface area contributed by atoms with Crippen LogP contribution in [0.2, 0.25) is 0 Å². The number of rotatable bonds is 7. The van der Waals surface area contributed by atoms with Crippen molar-refractivity contribution in [3.05, 3.63) is 72.4 Å². The van der Waals surface area contributed by atoms with E-state index in [0.29, 0.717) is 28.6 Å². The summed E-state index contributed by atoms with van der Waals surface area (Å²) in [5, 5.41) is 2.72. The fourth-order valence-corrected chi connectivity index (χ4v) is 3.59. The molecule has 29 heavy (non-hydrogen) atoms. The third kappa shape index (κ3) is 4.82. The van der Waals surface area contributed by atoms with E-state index in [1.165, 1.54) is 38.5 Å². The van der Waals surface area contributed by atoms with E-state index in [1.54, 1.807) is 42.6 Å². The van der Waals surface area contributed by atoms with Gasteiger partial charge in [-0.1, -0.05) is 6.07 Å². The molecule has 3 N–H and O–H groups in total. The Labute approximate surface area is 168 Å². The van der Waals surface area contributed by atoms with E-state index in [-0.39, 0.29) is 10.8 Å². The number of sulfonamides is 1. The molecular formula is C20H20N3O5S+. The van der Waals surface area contributed by atoms with Crippen molar-refractivity contribution < 1.29 is 27.7 Å². The Balaban J connectivity index is 1.73. The molecule has 0 saturated heterocycles. The highest BCUT2D eigenvalue weighted by atomic mass is 32.2. The summed E-state index contributed by atoms with van der Waals surface area (Å²) < 4.78 is 37.7. The van der Waals surface area contributed by atoms with Crippen molar-refractivity contribution in [1.29, 1.82) is 0 Å². The number of carbonyl (C=O) groups excluding carboxylic acids is 1. The Kier molecular flexibility index (Phi) is 5.99. The third-order valence-electron chi connectivity index (χ3n) is 4.02. The lowest BCUT2D eigenvalue weighted by molar-refractivity contribution is -0.360. The van der Waals surface area contributed by atoms with Crippen LogP contribution in [0.4, 0.5) is 11.5 Å². The molecule has 0 aliphatic rings. The first-order valence-corrected chi connectivity index (χ1v) is 10.0. The number of methoxy groups -OCH3 is 2. The van der Waals surface area contributed by atoms with Crippen LogP contribution in [0, 0.1) is 0 Å². The van der Waals surface area contributed by atoms with Crippen molar-refractivity contribution in [3.8, 4) is 11.5 Å². The number of hydrogen-bond acceptors (Lipinski definition) is 5. The van der Waals surface area contributed by atoms with E-state index in [9.17, 15) is 13.2 Å². The highest BCUT2D eigenvalue weighted by Gasteiger charge is 2.20. The quantitative estimate of drug-likeness (QED) is 0.618. The van der Waals surface area contributed by atoms with Crippen LogP contribution < -0.4 is 24.5 Å². The molecule has 0 fully saturated rings. The summed E-state index contributed by atoms with van der Waals surface area (Å²) in [7, 11) is -0.754. The molecule has 0 bridgehead atoms. The molecule has 0 aliphatic carbocycles.